The van der Waals surface area contributed by atoms with E-state index < -0.39 is 10.0 Å². The van der Waals surface area contributed by atoms with Gasteiger partial charge in [-0.15, -0.1) is 0 Å². The van der Waals surface area contributed by atoms with Crippen LogP contribution in [-0.2, 0) is 34.8 Å². The Morgan fingerprint density at radius 2 is 1.77 bits per heavy atom. The van der Waals surface area contributed by atoms with Gasteiger partial charge < -0.3 is 10.2 Å². The van der Waals surface area contributed by atoms with Gasteiger partial charge in [-0.05, 0) is 37.1 Å². The van der Waals surface area contributed by atoms with Gasteiger partial charge in [0.15, 0.2) is 5.69 Å². The number of benzene rings is 1. The van der Waals surface area contributed by atoms with Crippen molar-refractivity contribution in [2.24, 2.45) is 7.05 Å². The summed E-state index contributed by atoms with van der Waals surface area (Å²) in [7, 11) is -1.95. The number of anilines is 1. The van der Waals surface area contributed by atoms with E-state index in [0.29, 0.717) is 49.4 Å². The van der Waals surface area contributed by atoms with Crippen molar-refractivity contribution in [3.63, 3.8) is 0 Å². The number of aryl methyl sites for hydroxylation is 1. The number of carbonyl (C=O) groups excluding carboxylic acids is 2. The van der Waals surface area contributed by atoms with E-state index in [1.54, 1.807) is 35.7 Å². The van der Waals surface area contributed by atoms with Crippen molar-refractivity contribution >= 4 is 27.5 Å². The van der Waals surface area contributed by atoms with Crippen LogP contribution in [-0.4, -0.2) is 58.9 Å². The molecular formula is C21H27N5O4S. The molecular weight excluding hydrogens is 418 g/mol. The number of rotatable bonds is 5. The van der Waals surface area contributed by atoms with Gasteiger partial charge in [0.2, 0.25) is 15.9 Å². The summed E-state index contributed by atoms with van der Waals surface area (Å²) in [4.78, 5) is 26.4. The molecule has 10 heteroatoms. The lowest BCUT2D eigenvalue weighted by Crippen LogP contribution is -2.37. The SMILES string of the molecule is CCC(=O)Nc1ccc(S(=O)(=O)N2CCc3c(c(C(=O)N4CCCC4)nn3C)C2)cc1. The van der Waals surface area contributed by atoms with E-state index in [1.165, 1.54) is 16.4 Å². The van der Waals surface area contributed by atoms with Crippen molar-refractivity contribution < 1.29 is 18.0 Å². The average Bonchev–Trinajstić information content (AvgIpc) is 3.42. The third kappa shape index (κ3) is 4.09. The standard InChI is InChI=1S/C21H27N5O4S/c1-3-19(27)22-15-6-8-16(9-7-15)31(29,30)26-13-10-18-17(14-26)20(23-24(18)2)21(28)25-11-4-5-12-25/h6-9H,3-5,10-14H2,1-2H3,(H,22,27). The first-order valence-electron chi connectivity index (χ1n) is 10.6. The molecule has 1 N–H and O–H groups in total. The van der Waals surface area contributed by atoms with Crippen LogP contribution in [0.3, 0.4) is 0 Å². The van der Waals surface area contributed by atoms with Crippen molar-refractivity contribution in [1.82, 2.24) is 19.0 Å². The Balaban J connectivity index is 1.57. The number of hydrogen-bond donors (Lipinski definition) is 1. The van der Waals surface area contributed by atoms with Gasteiger partial charge in [0, 0.05) is 63.0 Å². The Bertz CT molecular complexity index is 1100. The summed E-state index contributed by atoms with van der Waals surface area (Å²) in [6.07, 6.45) is 2.81. The molecule has 0 spiro atoms. The van der Waals surface area contributed by atoms with Gasteiger partial charge in [0.1, 0.15) is 0 Å². The highest BCUT2D eigenvalue weighted by Crippen LogP contribution is 2.28. The second kappa shape index (κ2) is 8.43. The summed E-state index contributed by atoms with van der Waals surface area (Å²) >= 11 is 0. The summed E-state index contributed by atoms with van der Waals surface area (Å²) in [6.45, 7) is 3.62. The molecule has 1 aromatic carbocycles. The molecule has 0 aliphatic carbocycles. The Kier molecular flexibility index (Phi) is 5.85. The lowest BCUT2D eigenvalue weighted by molar-refractivity contribution is -0.115. The molecule has 0 saturated carbocycles. The quantitative estimate of drug-likeness (QED) is 0.755. The normalized spacial score (nSPS) is 16.9. The summed E-state index contributed by atoms with van der Waals surface area (Å²) in [5.74, 6) is -0.254. The minimum Gasteiger partial charge on any atom is -0.337 e. The van der Waals surface area contributed by atoms with Gasteiger partial charge in [-0.25, -0.2) is 8.42 Å². The smallest absolute Gasteiger partial charge is 0.274 e. The summed E-state index contributed by atoms with van der Waals surface area (Å²) < 4.78 is 29.6. The highest BCUT2D eigenvalue weighted by Gasteiger charge is 2.35. The van der Waals surface area contributed by atoms with Crippen LogP contribution in [0.15, 0.2) is 29.2 Å². The molecule has 0 unspecified atom stereocenters. The predicted molar refractivity (Wildman–Crippen MR) is 115 cm³/mol. The number of hydrogen-bond acceptors (Lipinski definition) is 5. The number of likely N-dealkylation sites (tertiary alicyclic amines) is 1. The van der Waals surface area contributed by atoms with E-state index >= 15 is 0 Å². The van der Waals surface area contributed by atoms with Crippen LogP contribution in [0.25, 0.3) is 0 Å². The molecule has 9 nitrogen and oxygen atoms in total. The number of fused-ring (bicyclic) bond motifs is 1. The van der Waals surface area contributed by atoms with E-state index in [9.17, 15) is 18.0 Å². The first-order valence-corrected chi connectivity index (χ1v) is 12.0. The van der Waals surface area contributed by atoms with Crippen molar-refractivity contribution in [2.45, 2.75) is 44.0 Å². The first-order chi connectivity index (χ1) is 14.8. The highest BCUT2D eigenvalue weighted by atomic mass is 32.2. The van der Waals surface area contributed by atoms with E-state index in [1.807, 2.05) is 0 Å². The number of nitrogens with one attached hydrogen (secondary N) is 1. The van der Waals surface area contributed by atoms with E-state index in [0.717, 1.165) is 18.5 Å². The van der Waals surface area contributed by atoms with Gasteiger partial charge in [-0.1, -0.05) is 6.92 Å². The summed E-state index contributed by atoms with van der Waals surface area (Å²) in [5.41, 5.74) is 2.52. The molecule has 31 heavy (non-hydrogen) atoms. The molecule has 1 saturated heterocycles. The highest BCUT2D eigenvalue weighted by molar-refractivity contribution is 7.89. The van der Waals surface area contributed by atoms with E-state index in [-0.39, 0.29) is 23.3 Å². The molecule has 2 aliphatic rings. The molecule has 3 heterocycles. The topological polar surface area (TPSA) is 105 Å². The van der Waals surface area contributed by atoms with Crippen molar-refractivity contribution in [2.75, 3.05) is 25.0 Å². The fraction of sp³-hybridized carbons (Fsp3) is 0.476. The Hall–Kier alpha value is -2.72. The third-order valence-electron chi connectivity index (χ3n) is 5.90. The Labute approximate surface area is 182 Å². The monoisotopic (exact) mass is 445 g/mol. The molecule has 0 bridgehead atoms. The molecule has 1 fully saturated rings. The first kappa shape index (κ1) is 21.5. The molecule has 2 aliphatic heterocycles. The number of carbonyl (C=O) groups is 2. The van der Waals surface area contributed by atoms with E-state index in [2.05, 4.69) is 10.4 Å². The van der Waals surface area contributed by atoms with Gasteiger partial charge >= 0.3 is 0 Å². The molecule has 2 amide bonds. The zero-order valence-corrected chi connectivity index (χ0v) is 18.6. The van der Waals surface area contributed by atoms with Crippen LogP contribution < -0.4 is 5.32 Å². The molecule has 4 rings (SSSR count). The fourth-order valence-electron chi connectivity index (χ4n) is 4.12. The van der Waals surface area contributed by atoms with Crippen LogP contribution in [0.2, 0.25) is 0 Å². The largest absolute Gasteiger partial charge is 0.337 e. The van der Waals surface area contributed by atoms with Crippen LogP contribution in [0.4, 0.5) is 5.69 Å². The van der Waals surface area contributed by atoms with Gasteiger partial charge in [0.25, 0.3) is 5.91 Å². The third-order valence-corrected chi connectivity index (χ3v) is 7.76. The second-order valence-electron chi connectivity index (χ2n) is 7.91. The number of aromatic nitrogens is 2. The molecule has 166 valence electrons. The zero-order chi connectivity index (χ0) is 22.2. The Morgan fingerprint density at radius 1 is 1.10 bits per heavy atom. The predicted octanol–water partition coefficient (Wildman–Crippen LogP) is 1.75. The van der Waals surface area contributed by atoms with Gasteiger partial charge in [-0.2, -0.15) is 9.40 Å². The Morgan fingerprint density at radius 3 is 2.42 bits per heavy atom. The number of sulfonamides is 1. The zero-order valence-electron chi connectivity index (χ0n) is 17.8. The molecule has 1 aromatic heterocycles. The maximum Gasteiger partial charge on any atom is 0.274 e. The van der Waals surface area contributed by atoms with Crippen LogP contribution in [0.1, 0.15) is 47.9 Å². The maximum absolute atomic E-state index is 13.2. The molecule has 0 atom stereocenters. The van der Waals surface area contributed by atoms with Crippen LogP contribution in [0.5, 0.6) is 0 Å². The lowest BCUT2D eigenvalue weighted by atomic mass is 10.1. The van der Waals surface area contributed by atoms with Crippen molar-refractivity contribution in [1.29, 1.82) is 0 Å². The van der Waals surface area contributed by atoms with Crippen molar-refractivity contribution in [3.8, 4) is 0 Å². The summed E-state index contributed by atoms with van der Waals surface area (Å²) in [5, 5.41) is 7.15. The molecule has 0 radical (unpaired) electrons. The minimum atomic E-state index is -3.75. The number of nitrogens with zero attached hydrogens (tertiary/aromatic N) is 4. The van der Waals surface area contributed by atoms with Crippen LogP contribution >= 0.6 is 0 Å². The fourth-order valence-corrected chi connectivity index (χ4v) is 5.53. The summed E-state index contributed by atoms with van der Waals surface area (Å²) in [6, 6.07) is 6.16. The van der Waals surface area contributed by atoms with Gasteiger partial charge in [-0.3, -0.25) is 14.3 Å². The van der Waals surface area contributed by atoms with Crippen molar-refractivity contribution in [3.05, 3.63) is 41.2 Å². The van der Waals surface area contributed by atoms with Crippen LogP contribution in [0, 0.1) is 0 Å². The lowest BCUT2D eigenvalue weighted by Gasteiger charge is -2.27. The second-order valence-corrected chi connectivity index (χ2v) is 9.85. The number of amides is 2. The minimum absolute atomic E-state index is 0.120. The van der Waals surface area contributed by atoms with E-state index in [4.69, 9.17) is 0 Å². The molecule has 2 aromatic rings. The van der Waals surface area contributed by atoms with Gasteiger partial charge in [0.05, 0.1) is 4.90 Å². The maximum atomic E-state index is 13.2. The average molecular weight is 446 g/mol.